The van der Waals surface area contributed by atoms with E-state index < -0.39 is 0 Å². The van der Waals surface area contributed by atoms with Gasteiger partial charge in [0.05, 0.1) is 12.1 Å². The van der Waals surface area contributed by atoms with Gasteiger partial charge in [-0.05, 0) is 30.5 Å². The summed E-state index contributed by atoms with van der Waals surface area (Å²) in [6.07, 6.45) is 2.67. The number of hydrogen-bond acceptors (Lipinski definition) is 4. The molecule has 2 rings (SSSR count). The van der Waals surface area contributed by atoms with Gasteiger partial charge in [-0.15, -0.1) is 11.3 Å². The van der Waals surface area contributed by atoms with Crippen LogP contribution in [0.1, 0.15) is 47.7 Å². The van der Waals surface area contributed by atoms with Gasteiger partial charge in [-0.1, -0.05) is 26.0 Å². The monoisotopic (exact) mass is 332 g/mol. The molecule has 0 radical (unpaired) electrons. The van der Waals surface area contributed by atoms with E-state index in [4.69, 9.17) is 4.74 Å². The van der Waals surface area contributed by atoms with Crippen LogP contribution in [0.25, 0.3) is 0 Å². The Morgan fingerprint density at radius 1 is 1.17 bits per heavy atom. The largest absolute Gasteiger partial charge is 0.497 e. The van der Waals surface area contributed by atoms with Gasteiger partial charge >= 0.3 is 0 Å². The Hall–Kier alpha value is -1.88. The standard InChI is InChI=1S/C18H24N2O2S/c1-4-10-20(11-5-2)18(21)16-13-23-17(19-16)12-14-6-8-15(22-3)9-7-14/h6-9,13H,4-5,10-12H2,1-3H3. The summed E-state index contributed by atoms with van der Waals surface area (Å²) in [5.74, 6) is 0.893. The molecular formula is C18H24N2O2S. The quantitative estimate of drug-likeness (QED) is 0.733. The molecular weight excluding hydrogens is 308 g/mol. The lowest BCUT2D eigenvalue weighted by Crippen LogP contribution is -2.32. The number of methoxy groups -OCH3 is 1. The molecule has 0 aliphatic rings. The average Bonchev–Trinajstić information content (AvgIpc) is 3.03. The zero-order chi connectivity index (χ0) is 16.7. The summed E-state index contributed by atoms with van der Waals surface area (Å²) in [5.41, 5.74) is 1.73. The number of thiazole rings is 1. The summed E-state index contributed by atoms with van der Waals surface area (Å²) in [6.45, 7) is 5.76. The number of carbonyl (C=O) groups is 1. The lowest BCUT2D eigenvalue weighted by molar-refractivity contribution is 0.0750. The van der Waals surface area contributed by atoms with Crippen molar-refractivity contribution < 1.29 is 9.53 Å². The van der Waals surface area contributed by atoms with Gasteiger partial charge in [0.25, 0.3) is 5.91 Å². The van der Waals surface area contributed by atoms with E-state index in [0.29, 0.717) is 5.69 Å². The highest BCUT2D eigenvalue weighted by Gasteiger charge is 2.17. The molecule has 1 heterocycles. The van der Waals surface area contributed by atoms with Crippen molar-refractivity contribution in [2.24, 2.45) is 0 Å². The van der Waals surface area contributed by atoms with Crippen molar-refractivity contribution in [3.63, 3.8) is 0 Å². The molecule has 1 aromatic heterocycles. The highest BCUT2D eigenvalue weighted by atomic mass is 32.1. The number of aromatic nitrogens is 1. The van der Waals surface area contributed by atoms with Gasteiger partial charge in [0, 0.05) is 24.9 Å². The smallest absolute Gasteiger partial charge is 0.273 e. The third-order valence-corrected chi connectivity index (χ3v) is 4.41. The molecule has 0 atom stereocenters. The molecule has 124 valence electrons. The van der Waals surface area contributed by atoms with Crippen molar-refractivity contribution in [2.45, 2.75) is 33.1 Å². The van der Waals surface area contributed by atoms with E-state index in [0.717, 1.165) is 48.7 Å². The van der Waals surface area contributed by atoms with Crippen LogP contribution < -0.4 is 4.74 Å². The van der Waals surface area contributed by atoms with Gasteiger partial charge in [0.1, 0.15) is 11.4 Å². The molecule has 0 bridgehead atoms. The SMILES string of the molecule is CCCN(CCC)C(=O)c1csc(Cc2ccc(OC)cc2)n1. The molecule has 5 heteroatoms. The third-order valence-electron chi connectivity index (χ3n) is 3.56. The van der Waals surface area contributed by atoms with Crippen LogP contribution in [0.3, 0.4) is 0 Å². The first kappa shape index (κ1) is 17.5. The van der Waals surface area contributed by atoms with Crippen LogP contribution >= 0.6 is 11.3 Å². The first-order valence-corrected chi connectivity index (χ1v) is 8.92. The van der Waals surface area contributed by atoms with Crippen LogP contribution in [-0.2, 0) is 6.42 Å². The summed E-state index contributed by atoms with van der Waals surface area (Å²) in [6, 6.07) is 7.95. The van der Waals surface area contributed by atoms with Gasteiger partial charge in [-0.25, -0.2) is 4.98 Å². The predicted molar refractivity (Wildman–Crippen MR) is 94.4 cm³/mol. The number of nitrogens with zero attached hydrogens (tertiary/aromatic N) is 2. The van der Waals surface area contributed by atoms with Gasteiger partial charge < -0.3 is 9.64 Å². The molecule has 0 unspecified atom stereocenters. The molecule has 1 aromatic carbocycles. The maximum absolute atomic E-state index is 12.5. The molecule has 0 N–H and O–H groups in total. The number of hydrogen-bond donors (Lipinski definition) is 0. The third kappa shape index (κ3) is 4.79. The Balaban J connectivity index is 2.05. The maximum Gasteiger partial charge on any atom is 0.273 e. The minimum Gasteiger partial charge on any atom is -0.497 e. The van der Waals surface area contributed by atoms with E-state index in [2.05, 4.69) is 18.8 Å². The van der Waals surface area contributed by atoms with Crippen molar-refractivity contribution in [1.82, 2.24) is 9.88 Å². The lowest BCUT2D eigenvalue weighted by atomic mass is 10.1. The molecule has 0 aliphatic carbocycles. The van der Waals surface area contributed by atoms with Crippen LogP contribution in [0, 0.1) is 0 Å². The van der Waals surface area contributed by atoms with Gasteiger partial charge in [-0.2, -0.15) is 0 Å². The summed E-state index contributed by atoms with van der Waals surface area (Å²) in [4.78, 5) is 19.0. The highest BCUT2D eigenvalue weighted by Crippen LogP contribution is 2.18. The second-order valence-corrected chi connectivity index (χ2v) is 6.39. The number of ether oxygens (including phenoxy) is 1. The fourth-order valence-electron chi connectivity index (χ4n) is 2.43. The first-order valence-electron chi connectivity index (χ1n) is 8.04. The van der Waals surface area contributed by atoms with Gasteiger partial charge in [0.2, 0.25) is 0 Å². The van der Waals surface area contributed by atoms with E-state index in [1.54, 1.807) is 18.4 Å². The second kappa shape index (κ2) is 8.67. The summed E-state index contributed by atoms with van der Waals surface area (Å²) < 4.78 is 5.16. The summed E-state index contributed by atoms with van der Waals surface area (Å²) in [7, 11) is 1.66. The number of rotatable bonds is 8. The highest BCUT2D eigenvalue weighted by molar-refractivity contribution is 7.09. The summed E-state index contributed by atoms with van der Waals surface area (Å²) in [5, 5.41) is 2.84. The van der Waals surface area contributed by atoms with Gasteiger partial charge in [0.15, 0.2) is 0 Å². The molecule has 0 aliphatic heterocycles. The van der Waals surface area contributed by atoms with Crippen molar-refractivity contribution in [3.05, 3.63) is 45.9 Å². The molecule has 0 spiro atoms. The van der Waals surface area contributed by atoms with Gasteiger partial charge in [-0.3, -0.25) is 4.79 Å². The zero-order valence-electron chi connectivity index (χ0n) is 14.0. The predicted octanol–water partition coefficient (Wildman–Crippen LogP) is 4.00. The summed E-state index contributed by atoms with van der Waals surface area (Å²) >= 11 is 1.55. The fourth-order valence-corrected chi connectivity index (χ4v) is 3.23. The van der Waals surface area contributed by atoms with Crippen LogP contribution in [-0.4, -0.2) is 36.0 Å². The van der Waals surface area contributed by atoms with Crippen molar-refractivity contribution >= 4 is 17.2 Å². The Bertz CT molecular complexity index is 616. The molecule has 23 heavy (non-hydrogen) atoms. The Morgan fingerprint density at radius 2 is 1.83 bits per heavy atom. The molecule has 2 aromatic rings. The molecule has 4 nitrogen and oxygen atoms in total. The molecule has 0 saturated carbocycles. The lowest BCUT2D eigenvalue weighted by Gasteiger charge is -2.20. The Kier molecular flexibility index (Phi) is 6.59. The number of amides is 1. The topological polar surface area (TPSA) is 42.4 Å². The normalized spacial score (nSPS) is 10.6. The van der Waals surface area contributed by atoms with E-state index >= 15 is 0 Å². The molecule has 1 amide bonds. The first-order chi connectivity index (χ1) is 11.2. The van der Waals surface area contributed by atoms with Crippen molar-refractivity contribution in [2.75, 3.05) is 20.2 Å². The van der Waals surface area contributed by atoms with E-state index in [1.165, 1.54) is 0 Å². The fraction of sp³-hybridized carbons (Fsp3) is 0.444. The Labute approximate surface area is 142 Å². The van der Waals surface area contributed by atoms with Crippen molar-refractivity contribution in [1.29, 1.82) is 0 Å². The number of carbonyl (C=O) groups excluding carboxylic acids is 1. The van der Waals surface area contributed by atoms with Crippen LogP contribution in [0.2, 0.25) is 0 Å². The molecule has 0 saturated heterocycles. The van der Waals surface area contributed by atoms with E-state index in [-0.39, 0.29) is 5.91 Å². The van der Waals surface area contributed by atoms with Crippen LogP contribution in [0.4, 0.5) is 0 Å². The van der Waals surface area contributed by atoms with Crippen LogP contribution in [0.15, 0.2) is 29.6 Å². The molecule has 0 fully saturated rings. The van der Waals surface area contributed by atoms with E-state index in [1.807, 2.05) is 34.5 Å². The Morgan fingerprint density at radius 3 is 2.39 bits per heavy atom. The van der Waals surface area contributed by atoms with E-state index in [9.17, 15) is 4.79 Å². The minimum absolute atomic E-state index is 0.0472. The zero-order valence-corrected chi connectivity index (χ0v) is 14.9. The second-order valence-electron chi connectivity index (χ2n) is 5.44. The maximum atomic E-state index is 12.5. The van der Waals surface area contributed by atoms with Crippen LogP contribution in [0.5, 0.6) is 5.75 Å². The average molecular weight is 332 g/mol. The van der Waals surface area contributed by atoms with Crippen molar-refractivity contribution in [3.8, 4) is 5.75 Å². The number of benzene rings is 1. The minimum atomic E-state index is 0.0472.